The largest absolute Gasteiger partial charge is 0.352 e. The van der Waals surface area contributed by atoms with Gasteiger partial charge in [0.05, 0.1) is 6.20 Å². The van der Waals surface area contributed by atoms with Crippen LogP contribution in [0.15, 0.2) is 34.9 Å². The van der Waals surface area contributed by atoms with Crippen LogP contribution in [-0.2, 0) is 6.42 Å². The van der Waals surface area contributed by atoms with Crippen molar-refractivity contribution in [2.75, 3.05) is 6.54 Å². The van der Waals surface area contributed by atoms with Gasteiger partial charge in [-0.1, -0.05) is 48.0 Å². The molecule has 0 saturated heterocycles. The summed E-state index contributed by atoms with van der Waals surface area (Å²) in [4.78, 5) is 17.2. The number of halogens is 1. The monoisotopic (exact) mass is 428 g/mol. The number of hydrogen-bond acceptors (Lipinski definition) is 3. The maximum Gasteiger partial charge on any atom is 0.256 e. The summed E-state index contributed by atoms with van der Waals surface area (Å²) in [5.74, 6) is 0.437. The van der Waals surface area contributed by atoms with Gasteiger partial charge in [0.2, 0.25) is 0 Å². The first-order valence-electron chi connectivity index (χ1n) is 9.24. The smallest absolute Gasteiger partial charge is 0.256 e. The second kappa shape index (κ2) is 8.21. The molecule has 3 aromatic rings. The van der Waals surface area contributed by atoms with Crippen molar-refractivity contribution in [3.63, 3.8) is 0 Å². The van der Waals surface area contributed by atoms with E-state index in [4.69, 9.17) is 4.98 Å². The fourth-order valence-electron chi connectivity index (χ4n) is 3.13. The molecule has 0 unspecified atom stereocenters. The molecular formula is C21H25BrN4O. The maximum absolute atomic E-state index is 12.5. The highest BCUT2D eigenvalue weighted by Crippen LogP contribution is 2.24. The Bertz CT molecular complexity index is 978. The molecule has 0 radical (unpaired) electrons. The zero-order valence-corrected chi connectivity index (χ0v) is 17.8. The van der Waals surface area contributed by atoms with Gasteiger partial charge in [-0.25, -0.2) is 9.50 Å². The predicted octanol–water partition coefficient (Wildman–Crippen LogP) is 4.48. The molecule has 0 aliphatic heterocycles. The molecule has 3 rings (SSSR count). The van der Waals surface area contributed by atoms with Gasteiger partial charge in [-0.15, -0.1) is 0 Å². The standard InChI is InChI=1S/C21H25BrN4O/c1-13(2)9-10-23-21(27)18-12-24-26-15(4)17(14(3)25-20(18)26)11-16-7-5-6-8-19(16)22/h5-8,12-13H,9-11H2,1-4H3,(H,23,27). The maximum atomic E-state index is 12.5. The highest BCUT2D eigenvalue weighted by molar-refractivity contribution is 9.10. The van der Waals surface area contributed by atoms with Gasteiger partial charge in [0.15, 0.2) is 5.65 Å². The van der Waals surface area contributed by atoms with E-state index in [1.54, 1.807) is 10.7 Å². The lowest BCUT2D eigenvalue weighted by Crippen LogP contribution is -2.25. The van der Waals surface area contributed by atoms with Crippen LogP contribution in [0.4, 0.5) is 0 Å². The van der Waals surface area contributed by atoms with Crippen molar-refractivity contribution in [3.05, 3.63) is 63.0 Å². The average molecular weight is 429 g/mol. The fourth-order valence-corrected chi connectivity index (χ4v) is 3.55. The molecule has 1 amide bonds. The van der Waals surface area contributed by atoms with Crippen molar-refractivity contribution < 1.29 is 4.79 Å². The molecule has 0 saturated carbocycles. The zero-order chi connectivity index (χ0) is 19.6. The van der Waals surface area contributed by atoms with E-state index in [2.05, 4.69) is 46.3 Å². The first-order chi connectivity index (χ1) is 12.9. The van der Waals surface area contributed by atoms with Crippen molar-refractivity contribution >= 4 is 27.5 Å². The van der Waals surface area contributed by atoms with Crippen molar-refractivity contribution in [2.24, 2.45) is 5.92 Å². The summed E-state index contributed by atoms with van der Waals surface area (Å²) in [6.45, 7) is 8.96. The summed E-state index contributed by atoms with van der Waals surface area (Å²) in [5, 5.41) is 7.40. The molecule has 142 valence electrons. The topological polar surface area (TPSA) is 59.3 Å². The van der Waals surface area contributed by atoms with Crippen molar-refractivity contribution in [1.29, 1.82) is 0 Å². The van der Waals surface area contributed by atoms with Crippen LogP contribution < -0.4 is 5.32 Å². The Hall–Kier alpha value is -2.21. The van der Waals surface area contributed by atoms with Crippen LogP contribution in [0.5, 0.6) is 0 Å². The zero-order valence-electron chi connectivity index (χ0n) is 16.2. The molecule has 5 nitrogen and oxygen atoms in total. The molecule has 0 aliphatic rings. The Morgan fingerprint density at radius 1 is 1.26 bits per heavy atom. The Balaban J connectivity index is 1.92. The van der Waals surface area contributed by atoms with Crippen LogP contribution >= 0.6 is 15.9 Å². The molecule has 0 fully saturated rings. The molecule has 1 aromatic carbocycles. The Labute approximate surface area is 168 Å². The number of rotatable bonds is 6. The van der Waals surface area contributed by atoms with E-state index in [0.717, 1.165) is 34.3 Å². The molecule has 0 bridgehead atoms. The van der Waals surface area contributed by atoms with Crippen LogP contribution in [0, 0.1) is 19.8 Å². The summed E-state index contributed by atoms with van der Waals surface area (Å²) in [7, 11) is 0. The predicted molar refractivity (Wildman–Crippen MR) is 111 cm³/mol. The lowest BCUT2D eigenvalue weighted by molar-refractivity contribution is 0.0953. The van der Waals surface area contributed by atoms with Crippen LogP contribution in [0.3, 0.4) is 0 Å². The third-order valence-electron chi connectivity index (χ3n) is 4.79. The number of benzene rings is 1. The molecule has 0 aliphatic carbocycles. The minimum absolute atomic E-state index is 0.115. The first-order valence-corrected chi connectivity index (χ1v) is 10.0. The van der Waals surface area contributed by atoms with Gasteiger partial charge < -0.3 is 5.32 Å². The van der Waals surface area contributed by atoms with Gasteiger partial charge in [-0.05, 0) is 43.4 Å². The minimum atomic E-state index is -0.115. The number of carbonyl (C=O) groups excluding carboxylic acids is 1. The second-order valence-corrected chi connectivity index (χ2v) is 8.12. The van der Waals surface area contributed by atoms with Crippen molar-refractivity contribution in [2.45, 2.75) is 40.5 Å². The van der Waals surface area contributed by atoms with E-state index in [0.29, 0.717) is 23.7 Å². The molecule has 2 aromatic heterocycles. The van der Waals surface area contributed by atoms with E-state index in [1.165, 1.54) is 5.56 Å². The summed E-state index contributed by atoms with van der Waals surface area (Å²) < 4.78 is 2.85. The summed E-state index contributed by atoms with van der Waals surface area (Å²) in [6, 6.07) is 8.18. The van der Waals surface area contributed by atoms with E-state index in [1.807, 2.05) is 32.0 Å². The Morgan fingerprint density at radius 3 is 2.70 bits per heavy atom. The number of fused-ring (bicyclic) bond motifs is 1. The number of amides is 1. The molecule has 0 spiro atoms. The molecule has 2 heterocycles. The summed E-state index contributed by atoms with van der Waals surface area (Å²) in [5.41, 5.74) is 5.40. The van der Waals surface area contributed by atoms with Crippen molar-refractivity contribution in [1.82, 2.24) is 19.9 Å². The average Bonchev–Trinajstić information content (AvgIpc) is 3.03. The molecular weight excluding hydrogens is 404 g/mol. The van der Waals surface area contributed by atoms with E-state index in [9.17, 15) is 4.79 Å². The summed E-state index contributed by atoms with van der Waals surface area (Å²) in [6.07, 6.45) is 3.33. The van der Waals surface area contributed by atoms with Crippen LogP contribution in [0.1, 0.15) is 53.1 Å². The Kier molecular flexibility index (Phi) is 5.95. The highest BCUT2D eigenvalue weighted by atomic mass is 79.9. The van der Waals surface area contributed by atoms with E-state index >= 15 is 0 Å². The number of aromatic nitrogens is 3. The number of carbonyl (C=O) groups is 1. The van der Waals surface area contributed by atoms with Gasteiger partial charge in [0, 0.05) is 28.8 Å². The lowest BCUT2D eigenvalue weighted by Gasteiger charge is -2.13. The van der Waals surface area contributed by atoms with E-state index in [-0.39, 0.29) is 5.91 Å². The second-order valence-electron chi connectivity index (χ2n) is 7.26. The summed E-state index contributed by atoms with van der Waals surface area (Å²) >= 11 is 3.61. The van der Waals surface area contributed by atoms with Gasteiger partial charge in [-0.3, -0.25) is 4.79 Å². The molecule has 6 heteroatoms. The molecule has 27 heavy (non-hydrogen) atoms. The number of nitrogens with one attached hydrogen (secondary N) is 1. The van der Waals surface area contributed by atoms with Crippen LogP contribution in [0.2, 0.25) is 0 Å². The highest BCUT2D eigenvalue weighted by Gasteiger charge is 2.18. The van der Waals surface area contributed by atoms with Gasteiger partial charge >= 0.3 is 0 Å². The SMILES string of the molecule is Cc1nc2c(C(=O)NCCC(C)C)cnn2c(C)c1Cc1ccccc1Br. The minimum Gasteiger partial charge on any atom is -0.352 e. The third kappa shape index (κ3) is 4.21. The number of hydrogen-bond donors (Lipinski definition) is 1. The Morgan fingerprint density at radius 2 is 2.00 bits per heavy atom. The van der Waals surface area contributed by atoms with Crippen LogP contribution in [-0.4, -0.2) is 27.0 Å². The third-order valence-corrected chi connectivity index (χ3v) is 5.56. The normalized spacial score (nSPS) is 11.3. The number of nitrogens with zero attached hydrogens (tertiary/aromatic N) is 3. The van der Waals surface area contributed by atoms with Crippen LogP contribution in [0.25, 0.3) is 5.65 Å². The first kappa shape index (κ1) is 19.5. The molecule has 0 atom stereocenters. The van der Waals surface area contributed by atoms with Gasteiger partial charge in [-0.2, -0.15) is 5.10 Å². The van der Waals surface area contributed by atoms with Crippen molar-refractivity contribution in [3.8, 4) is 0 Å². The quantitative estimate of drug-likeness (QED) is 0.629. The lowest BCUT2D eigenvalue weighted by atomic mass is 10.0. The van der Waals surface area contributed by atoms with Gasteiger partial charge in [0.1, 0.15) is 5.56 Å². The van der Waals surface area contributed by atoms with Gasteiger partial charge in [0.25, 0.3) is 5.91 Å². The fraction of sp³-hybridized carbons (Fsp3) is 0.381. The number of aryl methyl sites for hydroxylation is 2. The van der Waals surface area contributed by atoms with E-state index < -0.39 is 0 Å². The molecule has 1 N–H and O–H groups in total.